The van der Waals surface area contributed by atoms with Gasteiger partial charge in [-0.2, -0.15) is 0 Å². The summed E-state index contributed by atoms with van der Waals surface area (Å²) in [6, 6.07) is 6.71. The normalized spacial score (nSPS) is 16.6. The molecule has 1 aliphatic rings. The van der Waals surface area contributed by atoms with Crippen LogP contribution in [-0.4, -0.2) is 18.1 Å². The fourth-order valence-electron chi connectivity index (χ4n) is 2.42. The van der Waals surface area contributed by atoms with E-state index in [4.69, 9.17) is 18.0 Å². The van der Waals surface area contributed by atoms with Crippen molar-refractivity contribution in [3.05, 3.63) is 29.3 Å². The average molecular weight is 248 g/mol. The van der Waals surface area contributed by atoms with Gasteiger partial charge >= 0.3 is 0 Å². The molecule has 0 heterocycles. The molecule has 2 rings (SSSR count). The zero-order valence-electron chi connectivity index (χ0n) is 10.7. The predicted octanol–water partition coefficient (Wildman–Crippen LogP) is 2.86. The fraction of sp³-hybridized carbons (Fsp3) is 0.500. The summed E-state index contributed by atoms with van der Waals surface area (Å²) in [4.78, 5) is 2.82. The van der Waals surface area contributed by atoms with Crippen molar-refractivity contribution in [1.29, 1.82) is 0 Å². The van der Waals surface area contributed by atoms with E-state index in [0.717, 1.165) is 11.5 Å². The molecule has 1 atom stereocenters. The molecule has 0 aromatic heterocycles. The van der Waals surface area contributed by atoms with Crippen molar-refractivity contribution in [3.63, 3.8) is 0 Å². The lowest BCUT2D eigenvalue weighted by molar-refractivity contribution is 0.608. The lowest BCUT2D eigenvalue weighted by Crippen LogP contribution is -2.33. The highest BCUT2D eigenvalue weighted by atomic mass is 32.1. The van der Waals surface area contributed by atoms with Gasteiger partial charge in [0.05, 0.1) is 0 Å². The molecule has 1 aromatic rings. The summed E-state index contributed by atoms with van der Waals surface area (Å²) >= 11 is 5.15. The van der Waals surface area contributed by atoms with E-state index >= 15 is 0 Å². The predicted molar refractivity (Wildman–Crippen MR) is 77.7 cm³/mol. The van der Waals surface area contributed by atoms with Gasteiger partial charge in [-0.05, 0) is 44.2 Å². The molecule has 0 saturated heterocycles. The standard InChI is InChI=1S/C14H20N2S/c1-9-5-4-6-12(14(15)17)13(9)16(3)10(2)11-7-8-11/h4-6,10-11H,7-8H2,1-3H3,(H2,15,17). The maximum atomic E-state index is 5.82. The van der Waals surface area contributed by atoms with Gasteiger partial charge in [-0.3, -0.25) is 0 Å². The van der Waals surface area contributed by atoms with Crippen LogP contribution in [-0.2, 0) is 0 Å². The van der Waals surface area contributed by atoms with Crippen LogP contribution in [0.2, 0.25) is 0 Å². The second-order valence-electron chi connectivity index (χ2n) is 5.02. The molecule has 2 nitrogen and oxygen atoms in total. The van der Waals surface area contributed by atoms with Crippen molar-refractivity contribution in [2.45, 2.75) is 32.7 Å². The summed E-state index contributed by atoms with van der Waals surface area (Å²) in [5, 5.41) is 0. The summed E-state index contributed by atoms with van der Waals surface area (Å²) in [5.74, 6) is 0.832. The number of thiocarbonyl (C=S) groups is 1. The number of hydrogen-bond acceptors (Lipinski definition) is 2. The van der Waals surface area contributed by atoms with Crippen molar-refractivity contribution in [1.82, 2.24) is 0 Å². The minimum absolute atomic E-state index is 0.485. The van der Waals surface area contributed by atoms with E-state index in [1.165, 1.54) is 24.1 Å². The van der Waals surface area contributed by atoms with Crippen LogP contribution in [0.1, 0.15) is 30.9 Å². The van der Waals surface area contributed by atoms with Gasteiger partial charge in [0.1, 0.15) is 4.99 Å². The molecule has 1 fully saturated rings. The number of rotatable bonds is 4. The fourth-order valence-corrected chi connectivity index (χ4v) is 2.59. The number of para-hydroxylation sites is 1. The van der Waals surface area contributed by atoms with E-state index in [9.17, 15) is 0 Å². The number of anilines is 1. The number of hydrogen-bond donors (Lipinski definition) is 1. The van der Waals surface area contributed by atoms with Crippen LogP contribution in [0.25, 0.3) is 0 Å². The van der Waals surface area contributed by atoms with Crippen LogP contribution < -0.4 is 10.6 Å². The Morgan fingerprint density at radius 2 is 2.12 bits per heavy atom. The van der Waals surface area contributed by atoms with Crippen molar-refractivity contribution in [2.75, 3.05) is 11.9 Å². The largest absolute Gasteiger partial charge is 0.389 e. The van der Waals surface area contributed by atoms with Crippen LogP contribution in [0.4, 0.5) is 5.69 Å². The van der Waals surface area contributed by atoms with E-state index in [1.54, 1.807) is 0 Å². The molecule has 92 valence electrons. The van der Waals surface area contributed by atoms with Crippen molar-refractivity contribution in [3.8, 4) is 0 Å². The van der Waals surface area contributed by atoms with Crippen LogP contribution in [0, 0.1) is 12.8 Å². The molecule has 0 spiro atoms. The summed E-state index contributed by atoms with van der Waals surface area (Å²) in [7, 11) is 2.15. The second-order valence-corrected chi connectivity index (χ2v) is 5.46. The Hall–Kier alpha value is -1.09. The monoisotopic (exact) mass is 248 g/mol. The molecule has 17 heavy (non-hydrogen) atoms. The molecule has 3 heteroatoms. The van der Waals surface area contributed by atoms with E-state index < -0.39 is 0 Å². The number of aryl methyl sites for hydroxylation is 1. The maximum Gasteiger partial charge on any atom is 0.106 e. The van der Waals surface area contributed by atoms with Crippen molar-refractivity contribution in [2.24, 2.45) is 11.7 Å². The number of nitrogens with zero attached hydrogens (tertiary/aromatic N) is 1. The molecular weight excluding hydrogens is 228 g/mol. The SMILES string of the molecule is Cc1cccc(C(N)=S)c1N(C)C(C)C1CC1. The van der Waals surface area contributed by atoms with Gasteiger partial charge < -0.3 is 10.6 Å². The van der Waals surface area contributed by atoms with E-state index in [2.05, 4.69) is 31.9 Å². The van der Waals surface area contributed by atoms with Gasteiger partial charge in [0.25, 0.3) is 0 Å². The first-order chi connectivity index (χ1) is 8.02. The second kappa shape index (κ2) is 4.65. The minimum Gasteiger partial charge on any atom is -0.389 e. The Bertz CT molecular complexity index is 438. The summed E-state index contributed by atoms with van der Waals surface area (Å²) in [5.41, 5.74) is 9.25. The first-order valence-corrected chi connectivity index (χ1v) is 6.55. The summed E-state index contributed by atoms with van der Waals surface area (Å²) < 4.78 is 0. The van der Waals surface area contributed by atoms with Gasteiger partial charge in [-0.15, -0.1) is 0 Å². The van der Waals surface area contributed by atoms with Gasteiger partial charge in [-0.1, -0.05) is 24.4 Å². The molecular formula is C14H20N2S. The Balaban J connectivity index is 2.38. The molecule has 1 aromatic carbocycles. The van der Waals surface area contributed by atoms with E-state index in [1.807, 2.05) is 12.1 Å². The summed E-state index contributed by atoms with van der Waals surface area (Å²) in [6.45, 7) is 4.40. The molecule has 1 saturated carbocycles. The first kappa shape index (κ1) is 12.4. The zero-order chi connectivity index (χ0) is 12.6. The van der Waals surface area contributed by atoms with Crippen LogP contribution >= 0.6 is 12.2 Å². The number of nitrogens with two attached hydrogens (primary N) is 1. The Morgan fingerprint density at radius 1 is 1.47 bits per heavy atom. The molecule has 0 radical (unpaired) electrons. The Kier molecular flexibility index (Phi) is 3.38. The maximum absolute atomic E-state index is 5.82. The molecule has 1 aliphatic carbocycles. The van der Waals surface area contributed by atoms with Gasteiger partial charge in [0.2, 0.25) is 0 Å². The molecule has 0 amide bonds. The molecule has 0 aliphatic heterocycles. The lowest BCUT2D eigenvalue weighted by Gasteiger charge is -2.30. The van der Waals surface area contributed by atoms with E-state index in [-0.39, 0.29) is 0 Å². The highest BCUT2D eigenvalue weighted by Gasteiger charge is 2.31. The highest BCUT2D eigenvalue weighted by Crippen LogP contribution is 2.37. The minimum atomic E-state index is 0.485. The quantitative estimate of drug-likeness (QED) is 0.831. The molecule has 0 bridgehead atoms. The van der Waals surface area contributed by atoms with Gasteiger partial charge in [-0.25, -0.2) is 0 Å². The summed E-state index contributed by atoms with van der Waals surface area (Å²) in [6.07, 6.45) is 2.69. The van der Waals surface area contributed by atoms with Crippen LogP contribution in [0.3, 0.4) is 0 Å². The number of benzene rings is 1. The van der Waals surface area contributed by atoms with Gasteiger partial charge in [0.15, 0.2) is 0 Å². The molecule has 1 unspecified atom stereocenters. The van der Waals surface area contributed by atoms with Gasteiger partial charge in [0, 0.05) is 24.3 Å². The van der Waals surface area contributed by atoms with Crippen LogP contribution in [0.5, 0.6) is 0 Å². The third kappa shape index (κ3) is 2.44. The smallest absolute Gasteiger partial charge is 0.106 e. The lowest BCUT2D eigenvalue weighted by atomic mass is 10.0. The third-order valence-corrected chi connectivity index (χ3v) is 3.99. The topological polar surface area (TPSA) is 29.3 Å². The Labute approximate surface area is 109 Å². The van der Waals surface area contributed by atoms with E-state index in [0.29, 0.717) is 11.0 Å². The van der Waals surface area contributed by atoms with Crippen molar-refractivity contribution >= 4 is 22.9 Å². The Morgan fingerprint density at radius 3 is 2.65 bits per heavy atom. The molecule has 2 N–H and O–H groups in total. The van der Waals surface area contributed by atoms with Crippen molar-refractivity contribution < 1.29 is 0 Å². The van der Waals surface area contributed by atoms with Crippen LogP contribution in [0.15, 0.2) is 18.2 Å². The third-order valence-electron chi connectivity index (χ3n) is 3.77. The highest BCUT2D eigenvalue weighted by molar-refractivity contribution is 7.80. The average Bonchev–Trinajstić information content (AvgIpc) is 3.10. The first-order valence-electron chi connectivity index (χ1n) is 6.14. The zero-order valence-corrected chi connectivity index (χ0v) is 11.6.